The standard InChI is InChI=1S/C14H18ClNO2/c15-9-11-1-3-12(4-2-11)13(18)16-10-14(5-6-14)7-8-17/h1-4,17H,5-10H2,(H,16,18). The van der Waals surface area contributed by atoms with Gasteiger partial charge in [0.05, 0.1) is 0 Å². The number of rotatable bonds is 6. The van der Waals surface area contributed by atoms with E-state index in [0.717, 1.165) is 24.8 Å². The van der Waals surface area contributed by atoms with Gasteiger partial charge in [0.2, 0.25) is 0 Å². The summed E-state index contributed by atoms with van der Waals surface area (Å²) in [5.74, 6) is 0.405. The highest BCUT2D eigenvalue weighted by Crippen LogP contribution is 2.47. The summed E-state index contributed by atoms with van der Waals surface area (Å²) in [6, 6.07) is 7.31. The summed E-state index contributed by atoms with van der Waals surface area (Å²) in [6.07, 6.45) is 2.97. The fourth-order valence-corrected chi connectivity index (χ4v) is 2.22. The predicted molar refractivity (Wildman–Crippen MR) is 71.7 cm³/mol. The molecule has 3 nitrogen and oxygen atoms in total. The van der Waals surface area contributed by atoms with Crippen molar-refractivity contribution in [2.75, 3.05) is 13.2 Å². The van der Waals surface area contributed by atoms with Gasteiger partial charge in [-0.05, 0) is 42.4 Å². The van der Waals surface area contributed by atoms with E-state index in [1.807, 2.05) is 12.1 Å². The second-order valence-corrected chi connectivity index (χ2v) is 5.25. The van der Waals surface area contributed by atoms with E-state index < -0.39 is 0 Å². The highest BCUT2D eigenvalue weighted by Gasteiger charge is 2.41. The predicted octanol–water partition coefficient (Wildman–Crippen LogP) is 2.32. The molecule has 0 aliphatic heterocycles. The Bertz CT molecular complexity index is 412. The minimum absolute atomic E-state index is 0.0552. The van der Waals surface area contributed by atoms with Gasteiger partial charge in [0.15, 0.2) is 0 Å². The van der Waals surface area contributed by atoms with Crippen molar-refractivity contribution in [1.29, 1.82) is 0 Å². The highest BCUT2D eigenvalue weighted by atomic mass is 35.5. The van der Waals surface area contributed by atoms with Crippen molar-refractivity contribution in [3.8, 4) is 0 Å². The number of carbonyl (C=O) groups is 1. The van der Waals surface area contributed by atoms with Crippen LogP contribution in [0.3, 0.4) is 0 Å². The third kappa shape index (κ3) is 3.24. The van der Waals surface area contributed by atoms with E-state index >= 15 is 0 Å². The van der Waals surface area contributed by atoms with Crippen LogP contribution in [0, 0.1) is 5.41 Å². The maximum absolute atomic E-state index is 11.9. The molecule has 0 heterocycles. The van der Waals surface area contributed by atoms with Crippen molar-refractivity contribution >= 4 is 17.5 Å². The molecule has 1 aliphatic carbocycles. The van der Waals surface area contributed by atoms with Gasteiger partial charge >= 0.3 is 0 Å². The summed E-state index contributed by atoms with van der Waals surface area (Å²) in [5.41, 5.74) is 1.82. The molecular weight excluding hydrogens is 250 g/mol. The largest absolute Gasteiger partial charge is 0.396 e. The smallest absolute Gasteiger partial charge is 0.251 e. The molecule has 18 heavy (non-hydrogen) atoms. The third-order valence-electron chi connectivity index (χ3n) is 3.59. The summed E-state index contributed by atoms with van der Waals surface area (Å²) >= 11 is 5.70. The first-order valence-electron chi connectivity index (χ1n) is 6.23. The second kappa shape index (κ2) is 5.72. The van der Waals surface area contributed by atoms with Gasteiger partial charge in [-0.2, -0.15) is 0 Å². The zero-order valence-electron chi connectivity index (χ0n) is 10.3. The molecule has 0 unspecified atom stereocenters. The van der Waals surface area contributed by atoms with Crippen LogP contribution < -0.4 is 5.32 Å². The lowest BCUT2D eigenvalue weighted by atomic mass is 10.0. The van der Waals surface area contributed by atoms with Gasteiger partial charge in [-0.15, -0.1) is 11.6 Å². The Morgan fingerprint density at radius 3 is 2.50 bits per heavy atom. The van der Waals surface area contributed by atoms with Crippen LogP contribution in [-0.2, 0) is 5.88 Å². The van der Waals surface area contributed by atoms with E-state index in [4.69, 9.17) is 16.7 Å². The number of nitrogens with one attached hydrogen (secondary N) is 1. The molecular formula is C14H18ClNO2. The Labute approximate surface area is 112 Å². The van der Waals surface area contributed by atoms with Crippen molar-refractivity contribution in [3.63, 3.8) is 0 Å². The Hall–Kier alpha value is -1.06. The number of hydrogen-bond donors (Lipinski definition) is 2. The van der Waals surface area contributed by atoms with Gasteiger partial charge in [0.25, 0.3) is 5.91 Å². The van der Waals surface area contributed by atoms with Crippen LogP contribution in [0.2, 0.25) is 0 Å². The first-order chi connectivity index (χ1) is 8.69. The summed E-state index contributed by atoms with van der Waals surface area (Å²) < 4.78 is 0. The van der Waals surface area contributed by atoms with E-state index in [1.165, 1.54) is 0 Å². The lowest BCUT2D eigenvalue weighted by Gasteiger charge is -2.14. The van der Waals surface area contributed by atoms with Crippen molar-refractivity contribution in [2.45, 2.75) is 25.1 Å². The maximum Gasteiger partial charge on any atom is 0.251 e. The lowest BCUT2D eigenvalue weighted by Crippen LogP contribution is -2.30. The van der Waals surface area contributed by atoms with Crippen LogP contribution >= 0.6 is 11.6 Å². The molecule has 0 aromatic heterocycles. The monoisotopic (exact) mass is 267 g/mol. The number of aliphatic hydroxyl groups is 1. The Morgan fingerprint density at radius 2 is 2.00 bits per heavy atom. The topological polar surface area (TPSA) is 49.3 Å². The van der Waals surface area contributed by atoms with Crippen molar-refractivity contribution in [3.05, 3.63) is 35.4 Å². The Balaban J connectivity index is 1.87. The van der Waals surface area contributed by atoms with Crippen molar-refractivity contribution in [2.24, 2.45) is 5.41 Å². The van der Waals surface area contributed by atoms with Gasteiger partial charge in [-0.1, -0.05) is 12.1 Å². The molecule has 1 saturated carbocycles. The van der Waals surface area contributed by atoms with Gasteiger partial charge < -0.3 is 10.4 Å². The van der Waals surface area contributed by atoms with E-state index in [0.29, 0.717) is 18.0 Å². The summed E-state index contributed by atoms with van der Waals surface area (Å²) in [6.45, 7) is 0.851. The fourth-order valence-electron chi connectivity index (χ4n) is 2.04. The SMILES string of the molecule is O=C(NCC1(CCO)CC1)c1ccc(CCl)cc1. The minimum atomic E-state index is -0.0552. The molecule has 1 amide bonds. The highest BCUT2D eigenvalue weighted by molar-refractivity contribution is 6.17. The molecule has 1 aromatic rings. The second-order valence-electron chi connectivity index (χ2n) is 4.99. The fraction of sp³-hybridized carbons (Fsp3) is 0.500. The first kappa shape index (κ1) is 13.4. The van der Waals surface area contributed by atoms with E-state index in [2.05, 4.69) is 5.32 Å². The van der Waals surface area contributed by atoms with Crippen LogP contribution in [-0.4, -0.2) is 24.2 Å². The molecule has 1 aromatic carbocycles. The molecule has 0 saturated heterocycles. The zero-order chi connectivity index (χ0) is 13.0. The molecule has 2 N–H and O–H groups in total. The van der Waals surface area contributed by atoms with Gasteiger partial charge in [0.1, 0.15) is 0 Å². The normalized spacial score (nSPS) is 16.3. The first-order valence-corrected chi connectivity index (χ1v) is 6.76. The van der Waals surface area contributed by atoms with Crippen LogP contribution in [0.15, 0.2) is 24.3 Å². The van der Waals surface area contributed by atoms with Gasteiger partial charge in [0, 0.05) is 24.6 Å². The average Bonchev–Trinajstić information content (AvgIpc) is 3.17. The zero-order valence-corrected chi connectivity index (χ0v) is 11.0. The molecule has 0 spiro atoms. The lowest BCUT2D eigenvalue weighted by molar-refractivity contribution is 0.0941. The van der Waals surface area contributed by atoms with E-state index in [1.54, 1.807) is 12.1 Å². The average molecular weight is 268 g/mol. The van der Waals surface area contributed by atoms with Crippen LogP contribution in [0.4, 0.5) is 0 Å². The van der Waals surface area contributed by atoms with Crippen LogP contribution in [0.5, 0.6) is 0 Å². The van der Waals surface area contributed by atoms with Crippen molar-refractivity contribution < 1.29 is 9.90 Å². The summed E-state index contributed by atoms with van der Waals surface area (Å²) in [7, 11) is 0. The number of amides is 1. The molecule has 1 aliphatic rings. The Morgan fingerprint density at radius 1 is 1.33 bits per heavy atom. The minimum Gasteiger partial charge on any atom is -0.396 e. The molecule has 0 bridgehead atoms. The number of aliphatic hydroxyl groups excluding tert-OH is 1. The van der Waals surface area contributed by atoms with E-state index in [9.17, 15) is 4.79 Å². The third-order valence-corrected chi connectivity index (χ3v) is 3.90. The summed E-state index contributed by atoms with van der Waals surface area (Å²) in [5, 5.41) is 11.9. The van der Waals surface area contributed by atoms with Crippen molar-refractivity contribution in [1.82, 2.24) is 5.32 Å². The number of halogens is 1. The van der Waals surface area contributed by atoms with Crippen LogP contribution in [0.1, 0.15) is 35.2 Å². The number of hydrogen-bond acceptors (Lipinski definition) is 2. The molecule has 0 atom stereocenters. The molecule has 1 fully saturated rings. The van der Waals surface area contributed by atoms with Crippen LogP contribution in [0.25, 0.3) is 0 Å². The quantitative estimate of drug-likeness (QED) is 0.777. The molecule has 2 rings (SSSR count). The number of alkyl halides is 1. The maximum atomic E-state index is 11.9. The van der Waals surface area contributed by atoms with E-state index in [-0.39, 0.29) is 17.9 Å². The number of carbonyl (C=O) groups excluding carboxylic acids is 1. The molecule has 4 heteroatoms. The van der Waals surface area contributed by atoms with Gasteiger partial charge in [-0.3, -0.25) is 4.79 Å². The number of benzene rings is 1. The Kier molecular flexibility index (Phi) is 4.25. The molecule has 98 valence electrons. The van der Waals surface area contributed by atoms with Gasteiger partial charge in [-0.25, -0.2) is 0 Å². The molecule has 0 radical (unpaired) electrons. The summed E-state index contributed by atoms with van der Waals surface area (Å²) in [4.78, 5) is 11.9.